The number of halogens is 1. The standard InChI is InChI=1S/C23H22BrN5O4/c1-10-4-6-14-16(18(10)24)23(22(30)27-14)13(9-25)20(26)33-21-17(23)19(28-29-21)12-8-11(31-2)5-7-15(12)32-3/h4-8,17,19,21,28-29H,26H2,1-3H3,(H,27,30). The third-order valence-corrected chi connectivity index (χ3v) is 7.70. The number of anilines is 1. The van der Waals surface area contributed by atoms with E-state index in [1.54, 1.807) is 26.4 Å². The number of hydrogen-bond acceptors (Lipinski definition) is 8. The molecule has 2 aromatic rings. The maximum Gasteiger partial charge on any atom is 0.241 e. The van der Waals surface area contributed by atoms with E-state index in [9.17, 15) is 10.1 Å². The van der Waals surface area contributed by atoms with Crippen LogP contribution in [0, 0.1) is 24.2 Å². The number of nitrogens with zero attached hydrogens (tertiary/aromatic N) is 1. The molecule has 0 aliphatic carbocycles. The van der Waals surface area contributed by atoms with Crippen LogP contribution in [0.25, 0.3) is 0 Å². The molecular weight excluding hydrogens is 490 g/mol. The van der Waals surface area contributed by atoms with Crippen LogP contribution >= 0.6 is 15.9 Å². The molecule has 3 aliphatic heterocycles. The number of hydrazine groups is 1. The predicted octanol–water partition coefficient (Wildman–Crippen LogP) is 2.48. The number of hydrogen-bond donors (Lipinski definition) is 4. The van der Waals surface area contributed by atoms with E-state index >= 15 is 0 Å². The molecule has 1 fully saturated rings. The van der Waals surface area contributed by atoms with Gasteiger partial charge in [0.15, 0.2) is 6.23 Å². The fourth-order valence-corrected chi connectivity index (χ4v) is 5.88. The maximum atomic E-state index is 13.8. The van der Waals surface area contributed by atoms with Crippen molar-refractivity contribution in [3.63, 3.8) is 0 Å². The highest BCUT2D eigenvalue weighted by atomic mass is 79.9. The summed E-state index contributed by atoms with van der Waals surface area (Å²) in [4.78, 5) is 13.8. The molecule has 0 radical (unpaired) electrons. The Bertz CT molecular complexity index is 1260. The van der Waals surface area contributed by atoms with Crippen LogP contribution in [-0.4, -0.2) is 26.4 Å². The Morgan fingerprint density at radius 3 is 2.70 bits per heavy atom. The van der Waals surface area contributed by atoms with E-state index in [0.29, 0.717) is 22.7 Å². The minimum absolute atomic E-state index is 0.0728. The molecule has 0 saturated carbocycles. The first-order valence-corrected chi connectivity index (χ1v) is 11.1. The molecule has 5 rings (SSSR count). The third-order valence-electron chi connectivity index (χ3n) is 6.68. The SMILES string of the molecule is COc1ccc(OC)c(C2NNC3OC(N)=C(C#N)C4(C(=O)Nc5ccc(C)c(Br)c54)C32)c1. The molecule has 10 heteroatoms. The summed E-state index contributed by atoms with van der Waals surface area (Å²) < 4.78 is 17.7. The van der Waals surface area contributed by atoms with Crippen molar-refractivity contribution in [2.45, 2.75) is 24.6 Å². The molecule has 4 atom stereocenters. The second-order valence-corrected chi connectivity index (χ2v) is 8.96. The number of nitrogens with two attached hydrogens (primary N) is 1. The number of rotatable bonds is 3. The molecule has 1 spiro atoms. The number of carbonyl (C=O) groups excluding carboxylic acids is 1. The van der Waals surface area contributed by atoms with Gasteiger partial charge in [-0.25, -0.2) is 10.9 Å². The molecule has 0 bridgehead atoms. The average molecular weight is 512 g/mol. The van der Waals surface area contributed by atoms with Crippen LogP contribution in [-0.2, 0) is 14.9 Å². The molecule has 9 nitrogen and oxygen atoms in total. The van der Waals surface area contributed by atoms with Crippen LogP contribution in [0.15, 0.2) is 46.3 Å². The second kappa shape index (κ2) is 7.66. The molecule has 3 aliphatic rings. The molecular formula is C23H22BrN5O4. The van der Waals surface area contributed by atoms with Crippen molar-refractivity contribution < 1.29 is 19.0 Å². The number of carbonyl (C=O) groups is 1. The van der Waals surface area contributed by atoms with E-state index in [0.717, 1.165) is 15.6 Å². The van der Waals surface area contributed by atoms with Gasteiger partial charge in [-0.2, -0.15) is 5.26 Å². The van der Waals surface area contributed by atoms with Crippen LogP contribution < -0.4 is 31.4 Å². The van der Waals surface area contributed by atoms with Crippen LogP contribution in [0.2, 0.25) is 0 Å². The first kappa shape index (κ1) is 21.6. The van der Waals surface area contributed by atoms with Gasteiger partial charge in [0.1, 0.15) is 28.6 Å². The highest BCUT2D eigenvalue weighted by molar-refractivity contribution is 9.10. The topological polar surface area (TPSA) is 131 Å². The smallest absolute Gasteiger partial charge is 0.241 e. The monoisotopic (exact) mass is 511 g/mol. The van der Waals surface area contributed by atoms with Crippen LogP contribution in [0.5, 0.6) is 11.5 Å². The minimum atomic E-state index is -1.41. The number of ether oxygens (including phenoxy) is 3. The molecule has 1 saturated heterocycles. The van der Waals surface area contributed by atoms with Gasteiger partial charge in [-0.1, -0.05) is 22.0 Å². The molecule has 170 valence electrons. The summed E-state index contributed by atoms with van der Waals surface area (Å²) in [5, 5.41) is 13.2. The summed E-state index contributed by atoms with van der Waals surface area (Å²) >= 11 is 3.68. The molecule has 0 aromatic heterocycles. The van der Waals surface area contributed by atoms with Crippen molar-refractivity contribution in [2.75, 3.05) is 19.5 Å². The molecule has 5 N–H and O–H groups in total. The van der Waals surface area contributed by atoms with Crippen LogP contribution in [0.1, 0.15) is 22.7 Å². The Kier molecular flexibility index (Phi) is 5.01. The predicted molar refractivity (Wildman–Crippen MR) is 123 cm³/mol. The Morgan fingerprint density at radius 2 is 2.00 bits per heavy atom. The number of fused-ring (bicyclic) bond motifs is 4. The average Bonchev–Trinajstić information content (AvgIpc) is 3.36. The first-order chi connectivity index (χ1) is 15.9. The van der Waals surface area contributed by atoms with Gasteiger partial charge in [0.25, 0.3) is 0 Å². The highest BCUT2D eigenvalue weighted by Crippen LogP contribution is 2.59. The van der Waals surface area contributed by atoms with E-state index in [4.69, 9.17) is 19.9 Å². The van der Waals surface area contributed by atoms with Gasteiger partial charge in [-0.3, -0.25) is 4.79 Å². The van der Waals surface area contributed by atoms with Crippen molar-refractivity contribution >= 4 is 27.5 Å². The Balaban J connectivity index is 1.82. The van der Waals surface area contributed by atoms with E-state index in [1.807, 2.05) is 25.1 Å². The van der Waals surface area contributed by atoms with E-state index < -0.39 is 23.6 Å². The lowest BCUT2D eigenvalue weighted by molar-refractivity contribution is -0.124. The Labute approximate surface area is 199 Å². The van der Waals surface area contributed by atoms with Gasteiger partial charge in [0.2, 0.25) is 11.8 Å². The lowest BCUT2D eigenvalue weighted by Crippen LogP contribution is -2.54. The van der Waals surface area contributed by atoms with E-state index in [-0.39, 0.29) is 17.4 Å². The van der Waals surface area contributed by atoms with E-state index in [1.165, 1.54) is 0 Å². The summed E-state index contributed by atoms with van der Waals surface area (Å²) in [6, 6.07) is 10.9. The summed E-state index contributed by atoms with van der Waals surface area (Å²) in [5.41, 5.74) is 14.2. The van der Waals surface area contributed by atoms with Crippen molar-refractivity contribution in [3.05, 3.63) is 63.0 Å². The maximum absolute atomic E-state index is 13.8. The molecule has 1 amide bonds. The van der Waals surface area contributed by atoms with Gasteiger partial charge < -0.3 is 25.3 Å². The largest absolute Gasteiger partial charge is 0.497 e. The number of methoxy groups -OCH3 is 2. The molecule has 3 heterocycles. The lowest BCUT2D eigenvalue weighted by Gasteiger charge is -2.42. The van der Waals surface area contributed by atoms with Crippen LogP contribution in [0.3, 0.4) is 0 Å². The van der Waals surface area contributed by atoms with Gasteiger partial charge in [-0.15, -0.1) is 0 Å². The van der Waals surface area contributed by atoms with Gasteiger partial charge in [-0.05, 0) is 36.8 Å². The molecule has 33 heavy (non-hydrogen) atoms. The number of nitrogens with one attached hydrogen (secondary N) is 3. The third kappa shape index (κ3) is 2.80. The summed E-state index contributed by atoms with van der Waals surface area (Å²) in [7, 11) is 3.16. The zero-order valence-electron chi connectivity index (χ0n) is 18.2. The summed E-state index contributed by atoms with van der Waals surface area (Å²) in [6.45, 7) is 1.94. The summed E-state index contributed by atoms with van der Waals surface area (Å²) in [5.74, 6) is 0.237. The Morgan fingerprint density at radius 1 is 1.21 bits per heavy atom. The van der Waals surface area contributed by atoms with Crippen molar-refractivity contribution in [1.29, 1.82) is 5.26 Å². The zero-order chi connectivity index (χ0) is 23.5. The van der Waals surface area contributed by atoms with Crippen LogP contribution in [0.4, 0.5) is 5.69 Å². The highest BCUT2D eigenvalue weighted by Gasteiger charge is 2.66. The first-order valence-electron chi connectivity index (χ1n) is 10.3. The van der Waals surface area contributed by atoms with Gasteiger partial charge >= 0.3 is 0 Å². The molecule has 2 aromatic carbocycles. The summed E-state index contributed by atoms with van der Waals surface area (Å²) in [6.07, 6.45) is -0.688. The fourth-order valence-electron chi connectivity index (χ4n) is 5.22. The van der Waals surface area contributed by atoms with Gasteiger partial charge in [0, 0.05) is 21.3 Å². The van der Waals surface area contributed by atoms with Gasteiger partial charge in [0.05, 0.1) is 26.2 Å². The quantitative estimate of drug-likeness (QED) is 0.494. The van der Waals surface area contributed by atoms with Crippen molar-refractivity contribution in [2.24, 2.45) is 11.7 Å². The van der Waals surface area contributed by atoms with Crippen molar-refractivity contribution in [3.8, 4) is 17.6 Å². The number of amides is 1. The van der Waals surface area contributed by atoms with Crippen molar-refractivity contribution in [1.82, 2.24) is 10.9 Å². The van der Waals surface area contributed by atoms with E-state index in [2.05, 4.69) is 38.2 Å². The lowest BCUT2D eigenvalue weighted by atomic mass is 9.61. The normalized spacial score (nSPS) is 27.5. The fraction of sp³-hybridized carbons (Fsp3) is 0.304. The number of aryl methyl sites for hydroxylation is 1. The second-order valence-electron chi connectivity index (χ2n) is 8.17. The Hall–Kier alpha value is -3.26. The molecule has 4 unspecified atom stereocenters. The zero-order valence-corrected chi connectivity index (χ0v) is 19.7. The number of benzene rings is 2. The number of nitriles is 1. The minimum Gasteiger partial charge on any atom is -0.497 e.